The van der Waals surface area contributed by atoms with Crippen molar-refractivity contribution in [2.75, 3.05) is 11.9 Å². The Balaban J connectivity index is 1.94. The molecule has 2 aromatic carbocycles. The van der Waals surface area contributed by atoms with Crippen LogP contribution in [0.25, 0.3) is 17.2 Å². The molecule has 32 heavy (non-hydrogen) atoms. The fourth-order valence-corrected chi connectivity index (χ4v) is 4.20. The first kappa shape index (κ1) is 22.9. The van der Waals surface area contributed by atoms with Crippen molar-refractivity contribution in [2.45, 2.75) is 20.8 Å². The molecule has 1 aromatic heterocycles. The summed E-state index contributed by atoms with van der Waals surface area (Å²) in [5.74, 6) is -0.948. The largest absolute Gasteiger partial charge is 0.462 e. The van der Waals surface area contributed by atoms with Gasteiger partial charge in [-0.3, -0.25) is 14.9 Å². The maximum absolute atomic E-state index is 12.7. The molecule has 164 valence electrons. The Bertz CT molecular complexity index is 1180. The number of ether oxygens (including phenoxy) is 1. The van der Waals surface area contributed by atoms with E-state index < -0.39 is 10.9 Å². The molecule has 0 unspecified atom stereocenters. The van der Waals surface area contributed by atoms with Crippen LogP contribution >= 0.6 is 11.3 Å². The number of nitro benzene ring substituents is 1. The number of benzene rings is 2. The zero-order valence-corrected chi connectivity index (χ0v) is 18.7. The van der Waals surface area contributed by atoms with Crippen LogP contribution in [0.1, 0.15) is 33.3 Å². The number of hydrogen-bond acceptors (Lipinski definition) is 6. The summed E-state index contributed by atoms with van der Waals surface area (Å²) in [4.78, 5) is 36.5. The standard InChI is InChI=1S/C24H22N2O5S/c1-4-31-24(28)22-21(18-10-12-19(13-11-18)26(29)30)16(3)32-23(22)25-20(27)14-9-17-7-5-15(2)6-8-17/h5-14H,4H2,1-3H3,(H,25,27)/b14-9+. The second-order valence-corrected chi connectivity index (χ2v) is 8.22. The average Bonchev–Trinajstić information content (AvgIpc) is 3.09. The average molecular weight is 451 g/mol. The topological polar surface area (TPSA) is 98.5 Å². The number of carbonyl (C=O) groups is 2. The number of aryl methyl sites for hydroxylation is 2. The Morgan fingerprint density at radius 2 is 1.75 bits per heavy atom. The normalized spacial score (nSPS) is 10.8. The van der Waals surface area contributed by atoms with Crippen molar-refractivity contribution in [1.29, 1.82) is 0 Å². The molecule has 8 heteroatoms. The van der Waals surface area contributed by atoms with E-state index in [1.807, 2.05) is 38.1 Å². The number of rotatable bonds is 7. The lowest BCUT2D eigenvalue weighted by Crippen LogP contribution is -2.12. The highest BCUT2D eigenvalue weighted by molar-refractivity contribution is 7.17. The third-order valence-corrected chi connectivity index (χ3v) is 5.69. The SMILES string of the molecule is CCOC(=O)c1c(NC(=O)/C=C/c2ccc(C)cc2)sc(C)c1-c1ccc([N+](=O)[O-])cc1. The first-order valence-electron chi connectivity index (χ1n) is 9.91. The summed E-state index contributed by atoms with van der Waals surface area (Å²) >= 11 is 1.25. The summed E-state index contributed by atoms with van der Waals surface area (Å²) in [6.07, 6.45) is 3.09. The number of amides is 1. The van der Waals surface area contributed by atoms with Gasteiger partial charge in [0.05, 0.1) is 11.5 Å². The molecule has 0 saturated carbocycles. The monoisotopic (exact) mass is 450 g/mol. The maximum atomic E-state index is 12.7. The van der Waals surface area contributed by atoms with Gasteiger partial charge in [0.2, 0.25) is 5.91 Å². The number of nitrogens with one attached hydrogen (secondary N) is 1. The second kappa shape index (κ2) is 10.0. The van der Waals surface area contributed by atoms with E-state index in [0.29, 0.717) is 16.1 Å². The smallest absolute Gasteiger partial charge is 0.341 e. The van der Waals surface area contributed by atoms with Crippen molar-refractivity contribution >= 4 is 40.0 Å². The molecular formula is C24H22N2O5S. The quantitative estimate of drug-likeness (QED) is 0.213. The van der Waals surface area contributed by atoms with E-state index in [-0.39, 0.29) is 23.8 Å². The number of thiophene rings is 1. The van der Waals surface area contributed by atoms with Gasteiger partial charge in [0, 0.05) is 28.6 Å². The summed E-state index contributed by atoms with van der Waals surface area (Å²) in [5.41, 5.74) is 3.41. The molecule has 0 aliphatic rings. The molecule has 0 bridgehead atoms. The van der Waals surface area contributed by atoms with Gasteiger partial charge in [0.15, 0.2) is 0 Å². The molecule has 0 aliphatic carbocycles. The summed E-state index contributed by atoms with van der Waals surface area (Å²) in [6, 6.07) is 13.6. The Morgan fingerprint density at radius 1 is 1.09 bits per heavy atom. The van der Waals surface area contributed by atoms with E-state index in [9.17, 15) is 19.7 Å². The van der Waals surface area contributed by atoms with Gasteiger partial charge in [-0.25, -0.2) is 4.79 Å². The molecular weight excluding hydrogens is 428 g/mol. The molecule has 1 N–H and O–H groups in total. The molecule has 0 aliphatic heterocycles. The van der Waals surface area contributed by atoms with E-state index in [2.05, 4.69) is 5.32 Å². The maximum Gasteiger partial charge on any atom is 0.341 e. The van der Waals surface area contributed by atoms with Crippen molar-refractivity contribution in [1.82, 2.24) is 0 Å². The first-order valence-corrected chi connectivity index (χ1v) is 10.7. The van der Waals surface area contributed by atoms with Crippen LogP contribution in [0.2, 0.25) is 0 Å². The number of carbonyl (C=O) groups excluding carboxylic acids is 2. The van der Waals surface area contributed by atoms with Gasteiger partial charge in [-0.15, -0.1) is 11.3 Å². The van der Waals surface area contributed by atoms with Gasteiger partial charge in [0.25, 0.3) is 5.69 Å². The fourth-order valence-electron chi connectivity index (χ4n) is 3.13. The zero-order chi connectivity index (χ0) is 23.3. The predicted molar refractivity (Wildman–Crippen MR) is 126 cm³/mol. The van der Waals surface area contributed by atoms with Crippen molar-refractivity contribution in [2.24, 2.45) is 0 Å². The van der Waals surface area contributed by atoms with Crippen LogP contribution in [0, 0.1) is 24.0 Å². The van der Waals surface area contributed by atoms with Gasteiger partial charge in [-0.05, 0) is 50.1 Å². The van der Waals surface area contributed by atoms with E-state index in [4.69, 9.17) is 4.74 Å². The van der Waals surface area contributed by atoms with Crippen LogP contribution < -0.4 is 5.32 Å². The van der Waals surface area contributed by atoms with E-state index in [0.717, 1.165) is 16.0 Å². The minimum atomic E-state index is -0.567. The third-order valence-electron chi connectivity index (χ3n) is 4.67. The summed E-state index contributed by atoms with van der Waals surface area (Å²) in [5, 5.41) is 14.1. The zero-order valence-electron chi connectivity index (χ0n) is 17.9. The van der Waals surface area contributed by atoms with E-state index in [1.54, 1.807) is 25.1 Å². The van der Waals surface area contributed by atoms with Crippen LogP contribution in [-0.2, 0) is 9.53 Å². The number of hydrogen-bond donors (Lipinski definition) is 1. The van der Waals surface area contributed by atoms with Crippen molar-refractivity contribution in [3.63, 3.8) is 0 Å². The van der Waals surface area contributed by atoms with Crippen molar-refractivity contribution in [3.8, 4) is 11.1 Å². The molecule has 7 nitrogen and oxygen atoms in total. The van der Waals surface area contributed by atoms with Gasteiger partial charge in [-0.1, -0.05) is 29.8 Å². The molecule has 0 spiro atoms. The Hall–Kier alpha value is -3.78. The highest BCUT2D eigenvalue weighted by Gasteiger charge is 2.25. The summed E-state index contributed by atoms with van der Waals surface area (Å²) in [6.45, 7) is 5.68. The second-order valence-electron chi connectivity index (χ2n) is 7.00. The van der Waals surface area contributed by atoms with Crippen molar-refractivity contribution < 1.29 is 19.2 Å². The molecule has 1 amide bonds. The van der Waals surface area contributed by atoms with Crippen LogP contribution in [0.4, 0.5) is 10.7 Å². The highest BCUT2D eigenvalue weighted by atomic mass is 32.1. The lowest BCUT2D eigenvalue weighted by molar-refractivity contribution is -0.384. The summed E-state index contributed by atoms with van der Waals surface area (Å²) in [7, 11) is 0. The van der Waals surface area contributed by atoms with Gasteiger partial charge in [0.1, 0.15) is 10.6 Å². The van der Waals surface area contributed by atoms with Crippen LogP contribution in [0.15, 0.2) is 54.6 Å². The van der Waals surface area contributed by atoms with Gasteiger partial charge >= 0.3 is 5.97 Å². The lowest BCUT2D eigenvalue weighted by Gasteiger charge is -2.08. The Labute approximate surface area is 189 Å². The molecule has 3 rings (SSSR count). The predicted octanol–water partition coefficient (Wildman–Crippen LogP) is 5.77. The highest BCUT2D eigenvalue weighted by Crippen LogP contribution is 2.40. The Morgan fingerprint density at radius 3 is 2.34 bits per heavy atom. The number of nitro groups is 1. The number of esters is 1. The molecule has 0 radical (unpaired) electrons. The third kappa shape index (κ3) is 5.28. The first-order chi connectivity index (χ1) is 15.3. The van der Waals surface area contributed by atoms with E-state index in [1.165, 1.54) is 29.5 Å². The van der Waals surface area contributed by atoms with Crippen LogP contribution in [0.5, 0.6) is 0 Å². The van der Waals surface area contributed by atoms with E-state index >= 15 is 0 Å². The van der Waals surface area contributed by atoms with Gasteiger partial charge in [-0.2, -0.15) is 0 Å². The van der Waals surface area contributed by atoms with Crippen LogP contribution in [0.3, 0.4) is 0 Å². The fraction of sp³-hybridized carbons (Fsp3) is 0.167. The minimum absolute atomic E-state index is 0.0471. The molecule has 1 heterocycles. The lowest BCUT2D eigenvalue weighted by atomic mass is 10.0. The number of nitrogens with zero attached hydrogens (tertiary/aromatic N) is 1. The number of anilines is 1. The van der Waals surface area contributed by atoms with Gasteiger partial charge < -0.3 is 10.1 Å². The van der Waals surface area contributed by atoms with Crippen LogP contribution in [-0.4, -0.2) is 23.4 Å². The minimum Gasteiger partial charge on any atom is -0.462 e. The molecule has 0 atom stereocenters. The molecule has 0 fully saturated rings. The number of non-ortho nitro benzene ring substituents is 1. The molecule has 3 aromatic rings. The Kier molecular flexibility index (Phi) is 7.17. The van der Waals surface area contributed by atoms with Crippen molar-refractivity contribution in [3.05, 3.63) is 86.3 Å². The molecule has 0 saturated heterocycles. The summed E-state index contributed by atoms with van der Waals surface area (Å²) < 4.78 is 5.22.